The Hall–Kier alpha value is -1.62. The van der Waals surface area contributed by atoms with Gasteiger partial charge in [0.2, 0.25) is 6.29 Å². The van der Waals surface area contributed by atoms with Gasteiger partial charge in [-0.2, -0.15) is 0 Å². The largest absolute Gasteiger partial charge is 0.458 e. The van der Waals surface area contributed by atoms with Crippen molar-refractivity contribution < 1.29 is 23.8 Å². The predicted molar refractivity (Wildman–Crippen MR) is 125 cm³/mol. The van der Waals surface area contributed by atoms with Gasteiger partial charge in [0.1, 0.15) is 6.10 Å². The number of carbonyl (C=O) groups is 2. The third-order valence-corrected chi connectivity index (χ3v) is 10.1. The molecule has 0 aromatic rings. The molecule has 5 nitrogen and oxygen atoms in total. The average Bonchev–Trinajstić information content (AvgIpc) is 3.09. The van der Waals surface area contributed by atoms with E-state index in [0.717, 1.165) is 19.3 Å². The number of esters is 2. The summed E-state index contributed by atoms with van der Waals surface area (Å²) < 4.78 is 17.7. The van der Waals surface area contributed by atoms with Gasteiger partial charge in [-0.15, -0.1) is 0 Å². The van der Waals surface area contributed by atoms with E-state index in [-0.39, 0.29) is 40.2 Å². The van der Waals surface area contributed by atoms with Crippen molar-refractivity contribution in [1.29, 1.82) is 0 Å². The molecule has 4 aliphatic carbocycles. The normalized spacial score (nSPS) is 45.4. The topological polar surface area (TPSA) is 61.8 Å². The third-order valence-electron chi connectivity index (χ3n) is 10.1. The Morgan fingerprint density at radius 3 is 2.39 bits per heavy atom. The van der Waals surface area contributed by atoms with Crippen molar-refractivity contribution in [3.63, 3.8) is 0 Å². The van der Waals surface area contributed by atoms with E-state index < -0.39 is 6.29 Å². The monoisotopic (exact) mass is 456 g/mol. The maximum atomic E-state index is 12.2. The number of rotatable bonds is 2. The van der Waals surface area contributed by atoms with Gasteiger partial charge in [-0.25, -0.2) is 0 Å². The van der Waals surface area contributed by atoms with E-state index in [1.165, 1.54) is 44.3 Å². The van der Waals surface area contributed by atoms with E-state index in [9.17, 15) is 9.59 Å². The molecule has 33 heavy (non-hydrogen) atoms. The number of hydrogen-bond donors (Lipinski definition) is 0. The van der Waals surface area contributed by atoms with Gasteiger partial charge in [-0.3, -0.25) is 9.59 Å². The lowest BCUT2D eigenvalue weighted by Gasteiger charge is -2.63. The summed E-state index contributed by atoms with van der Waals surface area (Å²) in [4.78, 5) is 24.0. The Morgan fingerprint density at radius 1 is 0.970 bits per heavy atom. The third kappa shape index (κ3) is 3.44. The molecule has 3 fully saturated rings. The first-order chi connectivity index (χ1) is 15.5. The van der Waals surface area contributed by atoms with Gasteiger partial charge in [0, 0.05) is 19.8 Å². The van der Waals surface area contributed by atoms with Gasteiger partial charge in [0.15, 0.2) is 0 Å². The molecular formula is C28H40O5. The van der Waals surface area contributed by atoms with Crippen LogP contribution in [0.25, 0.3) is 0 Å². The highest BCUT2D eigenvalue weighted by Crippen LogP contribution is 2.68. The van der Waals surface area contributed by atoms with Gasteiger partial charge in [0.05, 0.1) is 12.5 Å². The molecule has 5 heteroatoms. The molecule has 8 atom stereocenters. The van der Waals surface area contributed by atoms with Crippen LogP contribution in [0.2, 0.25) is 0 Å². The number of fused-ring (bicyclic) bond motifs is 7. The van der Waals surface area contributed by atoms with Crippen LogP contribution in [0.5, 0.6) is 0 Å². The highest BCUT2D eigenvalue weighted by molar-refractivity contribution is 5.66. The van der Waals surface area contributed by atoms with Crippen LogP contribution >= 0.6 is 0 Å². The zero-order chi connectivity index (χ0) is 23.8. The molecule has 1 saturated heterocycles. The van der Waals surface area contributed by atoms with Crippen molar-refractivity contribution in [3.05, 3.63) is 23.3 Å². The Morgan fingerprint density at radius 2 is 1.70 bits per heavy atom. The summed E-state index contributed by atoms with van der Waals surface area (Å²) in [7, 11) is 0. The lowest BCUT2D eigenvalue weighted by atomic mass is 9.42. The second-order valence-corrected chi connectivity index (χ2v) is 12.5. The van der Waals surface area contributed by atoms with Crippen LogP contribution in [0.15, 0.2) is 23.3 Å². The fraction of sp³-hybridized carbons (Fsp3) is 0.786. The number of ether oxygens (including phenoxy) is 3. The highest BCUT2D eigenvalue weighted by Gasteiger charge is 2.63. The number of carbonyl (C=O) groups excluding carboxylic acids is 2. The van der Waals surface area contributed by atoms with Crippen molar-refractivity contribution in [2.45, 2.75) is 92.5 Å². The zero-order valence-corrected chi connectivity index (χ0v) is 21.1. The Labute approximate surface area is 198 Å². The van der Waals surface area contributed by atoms with Crippen molar-refractivity contribution in [1.82, 2.24) is 0 Å². The summed E-state index contributed by atoms with van der Waals surface area (Å²) in [5.41, 5.74) is 3.00. The Kier molecular flexibility index (Phi) is 5.39. The minimum Gasteiger partial charge on any atom is -0.458 e. The maximum Gasteiger partial charge on any atom is 0.304 e. The molecule has 0 radical (unpaired) electrons. The number of allylic oxidation sites excluding steroid dienone is 2. The molecule has 0 bridgehead atoms. The van der Waals surface area contributed by atoms with Gasteiger partial charge in [-0.05, 0) is 71.8 Å². The molecule has 0 amide bonds. The molecule has 1 heterocycles. The van der Waals surface area contributed by atoms with Crippen LogP contribution in [0.4, 0.5) is 0 Å². The molecule has 0 aromatic carbocycles. The minimum atomic E-state index is -0.497. The molecular weight excluding hydrogens is 416 g/mol. The lowest BCUT2D eigenvalue weighted by Crippen LogP contribution is -2.59. The van der Waals surface area contributed by atoms with Crippen molar-refractivity contribution in [2.75, 3.05) is 6.61 Å². The second kappa shape index (κ2) is 7.69. The van der Waals surface area contributed by atoms with Crippen molar-refractivity contribution in [3.8, 4) is 0 Å². The molecule has 1 aliphatic heterocycles. The fourth-order valence-corrected chi connectivity index (χ4v) is 9.05. The maximum absolute atomic E-state index is 12.2. The average molecular weight is 457 g/mol. The summed E-state index contributed by atoms with van der Waals surface area (Å²) in [6.07, 6.45) is 10.8. The summed E-state index contributed by atoms with van der Waals surface area (Å²) in [6.45, 7) is 13.1. The van der Waals surface area contributed by atoms with E-state index in [1.807, 2.05) is 0 Å². The molecule has 2 saturated carbocycles. The number of hydrogen-bond acceptors (Lipinski definition) is 5. The van der Waals surface area contributed by atoms with E-state index in [4.69, 9.17) is 14.2 Å². The van der Waals surface area contributed by atoms with Crippen LogP contribution < -0.4 is 0 Å². The van der Waals surface area contributed by atoms with Gasteiger partial charge in [-0.1, -0.05) is 45.8 Å². The minimum absolute atomic E-state index is 0.0306. The Balaban J connectivity index is 1.58. The molecule has 0 unspecified atom stereocenters. The molecule has 5 rings (SSSR count). The van der Waals surface area contributed by atoms with Crippen LogP contribution in [-0.4, -0.2) is 30.9 Å². The van der Waals surface area contributed by atoms with E-state index in [2.05, 4.69) is 39.8 Å². The summed E-state index contributed by atoms with van der Waals surface area (Å²) >= 11 is 0. The van der Waals surface area contributed by atoms with Crippen molar-refractivity contribution >= 4 is 11.9 Å². The smallest absolute Gasteiger partial charge is 0.304 e. The van der Waals surface area contributed by atoms with Crippen LogP contribution in [-0.2, 0) is 23.8 Å². The van der Waals surface area contributed by atoms with Crippen LogP contribution in [0.1, 0.15) is 80.1 Å². The second-order valence-electron chi connectivity index (χ2n) is 12.5. The quantitative estimate of drug-likeness (QED) is 0.400. The molecule has 0 aromatic heterocycles. The molecule has 0 spiro atoms. The summed E-state index contributed by atoms with van der Waals surface area (Å²) in [5.74, 6) is 0.818. The summed E-state index contributed by atoms with van der Waals surface area (Å²) in [6, 6.07) is 0. The highest BCUT2D eigenvalue weighted by atomic mass is 16.7. The Bertz CT molecular complexity index is 915. The first-order valence-corrected chi connectivity index (χ1v) is 12.8. The zero-order valence-electron chi connectivity index (χ0n) is 21.1. The van der Waals surface area contributed by atoms with Gasteiger partial charge in [0.25, 0.3) is 0 Å². The predicted octanol–water partition coefficient (Wildman–Crippen LogP) is 5.59. The molecule has 182 valence electrons. The van der Waals surface area contributed by atoms with Crippen LogP contribution in [0, 0.1) is 39.9 Å². The van der Waals surface area contributed by atoms with Gasteiger partial charge < -0.3 is 14.2 Å². The molecule has 5 aliphatic rings. The van der Waals surface area contributed by atoms with Gasteiger partial charge >= 0.3 is 11.9 Å². The van der Waals surface area contributed by atoms with Crippen molar-refractivity contribution in [2.24, 2.45) is 39.9 Å². The van der Waals surface area contributed by atoms with E-state index in [1.54, 1.807) is 0 Å². The fourth-order valence-electron chi connectivity index (χ4n) is 9.05. The summed E-state index contributed by atoms with van der Waals surface area (Å²) in [5, 5.41) is 0. The first kappa shape index (κ1) is 23.1. The standard InChI is InChI=1S/C28H40O5/c1-16(29)32-22-14-19-20-9-8-18-15-31-25(33-17(2)30)23(18)27(20,5)13-10-21(19)28(6)12-7-11-26(3,4)24(22)28/h8,14,20-25H,7,9-13,15H2,1-6H3/t20-,21-,22+,23+,24-,25-,27-,28+/m0/s1. The lowest BCUT2D eigenvalue weighted by molar-refractivity contribution is -0.184. The van der Waals surface area contributed by atoms with E-state index in [0.29, 0.717) is 24.4 Å². The van der Waals surface area contributed by atoms with E-state index >= 15 is 0 Å². The first-order valence-electron chi connectivity index (χ1n) is 12.8. The SMILES string of the molecule is CC(=O)O[C@@H]1OCC2=CC[C@H]3C4=C[C@@H](OC(C)=O)[C@H]5C(C)(C)CCC[C@]5(C)[C@H]4CC[C@]3(C)[C@H]21. The molecule has 0 N–H and O–H groups in total. The van der Waals surface area contributed by atoms with Crippen LogP contribution in [0.3, 0.4) is 0 Å².